The number of thioether (sulfide) groups is 1. The van der Waals surface area contributed by atoms with Crippen LogP contribution in [0.4, 0.5) is 0 Å². The van der Waals surface area contributed by atoms with E-state index in [4.69, 9.17) is 0 Å². The molecule has 11 heavy (non-hydrogen) atoms. The second-order valence-electron chi connectivity index (χ2n) is 2.73. The number of rotatable bonds is 1. The summed E-state index contributed by atoms with van der Waals surface area (Å²) in [5, 5.41) is 1.35. The highest BCUT2D eigenvalue weighted by Gasteiger charge is 2.10. The highest BCUT2D eigenvalue weighted by atomic mass is 32.2. The van der Waals surface area contributed by atoms with E-state index in [2.05, 4.69) is 43.9 Å². The summed E-state index contributed by atoms with van der Waals surface area (Å²) in [6, 6.07) is 4.32. The predicted molar refractivity (Wildman–Crippen MR) is 48.9 cm³/mol. The molecular formula is C9H14NS+. The summed E-state index contributed by atoms with van der Waals surface area (Å²) in [7, 11) is 2.11. The lowest BCUT2D eigenvalue weighted by molar-refractivity contribution is -0.715. The first-order valence-electron chi connectivity index (χ1n) is 3.67. The average Bonchev–Trinajstić information content (AvgIpc) is 1.99. The van der Waals surface area contributed by atoms with Gasteiger partial charge in [0.1, 0.15) is 7.05 Å². The number of nitrogens with zero attached hydrogens (tertiary/aromatic N) is 1. The fourth-order valence-electron chi connectivity index (χ4n) is 1.15. The topological polar surface area (TPSA) is 3.88 Å². The highest BCUT2D eigenvalue weighted by molar-refractivity contribution is 7.98. The van der Waals surface area contributed by atoms with Crippen molar-refractivity contribution in [3.8, 4) is 0 Å². The standard InChI is InChI=1S/C9H14NS/c1-7-5-6-8(2)10(3)9(7)11-4/h5-6H,1-4H3/q+1. The van der Waals surface area contributed by atoms with Gasteiger partial charge >= 0.3 is 0 Å². The van der Waals surface area contributed by atoms with Crippen LogP contribution in [0.2, 0.25) is 0 Å². The van der Waals surface area contributed by atoms with Crippen molar-refractivity contribution in [1.29, 1.82) is 0 Å². The zero-order valence-corrected chi connectivity index (χ0v) is 8.33. The van der Waals surface area contributed by atoms with Crippen molar-refractivity contribution in [2.24, 2.45) is 7.05 Å². The minimum Gasteiger partial charge on any atom is -0.193 e. The zero-order chi connectivity index (χ0) is 8.43. The van der Waals surface area contributed by atoms with Gasteiger partial charge in [-0.2, -0.15) is 4.57 Å². The minimum absolute atomic E-state index is 1.31. The molecule has 0 amide bonds. The van der Waals surface area contributed by atoms with Crippen LogP contribution < -0.4 is 4.57 Å². The maximum absolute atomic E-state index is 2.22. The molecule has 0 saturated heterocycles. The molecule has 1 rings (SSSR count). The molecule has 0 fully saturated rings. The molecule has 0 aliphatic rings. The Bertz CT molecular complexity index is 269. The van der Waals surface area contributed by atoms with Crippen molar-refractivity contribution in [1.82, 2.24) is 0 Å². The summed E-state index contributed by atoms with van der Waals surface area (Å²) in [4.78, 5) is 0. The van der Waals surface area contributed by atoms with Gasteiger partial charge in [-0.3, -0.25) is 0 Å². The molecule has 1 aromatic rings. The van der Waals surface area contributed by atoms with Crippen molar-refractivity contribution in [3.63, 3.8) is 0 Å². The molecule has 0 bridgehead atoms. The third kappa shape index (κ3) is 1.56. The van der Waals surface area contributed by atoms with E-state index in [-0.39, 0.29) is 0 Å². The Morgan fingerprint density at radius 1 is 1.27 bits per heavy atom. The monoisotopic (exact) mass is 168 g/mol. The van der Waals surface area contributed by atoms with E-state index in [0.717, 1.165) is 0 Å². The lowest BCUT2D eigenvalue weighted by Gasteiger charge is -2.01. The number of pyridine rings is 1. The van der Waals surface area contributed by atoms with Crippen LogP contribution in [-0.4, -0.2) is 6.26 Å². The normalized spacial score (nSPS) is 10.2. The van der Waals surface area contributed by atoms with E-state index in [1.54, 1.807) is 11.8 Å². The highest BCUT2D eigenvalue weighted by Crippen LogP contribution is 2.14. The molecule has 1 nitrogen and oxygen atoms in total. The molecule has 2 heteroatoms. The molecule has 0 atom stereocenters. The predicted octanol–water partition coefficient (Wildman–Crippen LogP) is 1.85. The van der Waals surface area contributed by atoms with Crippen LogP contribution in [-0.2, 0) is 7.05 Å². The van der Waals surface area contributed by atoms with E-state index in [9.17, 15) is 0 Å². The molecule has 1 aromatic heterocycles. The zero-order valence-electron chi connectivity index (χ0n) is 7.51. The first-order valence-corrected chi connectivity index (χ1v) is 4.89. The molecule has 0 aliphatic heterocycles. The van der Waals surface area contributed by atoms with Crippen LogP contribution >= 0.6 is 11.8 Å². The fraction of sp³-hybridized carbons (Fsp3) is 0.444. The van der Waals surface area contributed by atoms with Crippen molar-refractivity contribution >= 4 is 11.8 Å². The first kappa shape index (κ1) is 8.60. The Kier molecular flexibility index (Phi) is 2.55. The van der Waals surface area contributed by atoms with Gasteiger partial charge in [0.2, 0.25) is 5.03 Å². The lowest BCUT2D eigenvalue weighted by atomic mass is 10.3. The third-order valence-electron chi connectivity index (χ3n) is 1.94. The van der Waals surface area contributed by atoms with Crippen molar-refractivity contribution in [3.05, 3.63) is 23.4 Å². The van der Waals surface area contributed by atoms with Gasteiger partial charge in [-0.25, -0.2) is 0 Å². The quantitative estimate of drug-likeness (QED) is 0.457. The van der Waals surface area contributed by atoms with Gasteiger partial charge in [-0.05, 0) is 19.2 Å². The maximum atomic E-state index is 2.22. The van der Waals surface area contributed by atoms with E-state index in [1.807, 2.05) is 0 Å². The maximum Gasteiger partial charge on any atom is 0.242 e. The van der Waals surface area contributed by atoms with Crippen LogP contribution in [0, 0.1) is 13.8 Å². The third-order valence-corrected chi connectivity index (χ3v) is 2.92. The Labute approximate surface area is 72.4 Å². The van der Waals surface area contributed by atoms with E-state index < -0.39 is 0 Å². The van der Waals surface area contributed by atoms with Gasteiger partial charge in [0.25, 0.3) is 0 Å². The molecule has 0 aromatic carbocycles. The van der Waals surface area contributed by atoms with Gasteiger partial charge in [-0.15, -0.1) is 0 Å². The molecule has 0 spiro atoms. The van der Waals surface area contributed by atoms with Crippen molar-refractivity contribution < 1.29 is 4.57 Å². The van der Waals surface area contributed by atoms with E-state index in [1.165, 1.54) is 16.3 Å². The molecular weight excluding hydrogens is 154 g/mol. The van der Waals surface area contributed by atoms with Crippen LogP contribution in [0.25, 0.3) is 0 Å². The minimum atomic E-state index is 1.31. The van der Waals surface area contributed by atoms with Gasteiger partial charge < -0.3 is 0 Å². The van der Waals surface area contributed by atoms with E-state index >= 15 is 0 Å². The number of hydrogen-bond acceptors (Lipinski definition) is 1. The molecule has 0 radical (unpaired) electrons. The first-order chi connectivity index (χ1) is 5.16. The Hall–Kier alpha value is -0.500. The van der Waals surface area contributed by atoms with Crippen molar-refractivity contribution in [2.75, 3.05) is 6.26 Å². The molecule has 0 aliphatic carbocycles. The molecule has 0 unspecified atom stereocenters. The summed E-state index contributed by atoms with van der Waals surface area (Å²) in [5.41, 5.74) is 2.66. The number of hydrogen-bond donors (Lipinski definition) is 0. The van der Waals surface area contributed by atoms with Crippen LogP contribution in [0.15, 0.2) is 17.2 Å². The Morgan fingerprint density at radius 3 is 2.36 bits per heavy atom. The van der Waals surface area contributed by atoms with E-state index in [0.29, 0.717) is 0 Å². The lowest BCUT2D eigenvalue weighted by Crippen LogP contribution is -2.35. The number of aryl methyl sites for hydroxylation is 2. The smallest absolute Gasteiger partial charge is 0.193 e. The van der Waals surface area contributed by atoms with Crippen LogP contribution in [0.3, 0.4) is 0 Å². The molecule has 60 valence electrons. The molecule has 1 heterocycles. The molecule has 0 N–H and O–H groups in total. The second-order valence-corrected chi connectivity index (χ2v) is 3.52. The summed E-state index contributed by atoms with van der Waals surface area (Å²) in [6.07, 6.45) is 2.11. The van der Waals surface area contributed by atoms with Crippen LogP contribution in [0.5, 0.6) is 0 Å². The second kappa shape index (κ2) is 3.26. The van der Waals surface area contributed by atoms with Gasteiger partial charge in [-0.1, -0.05) is 11.8 Å². The summed E-state index contributed by atoms with van der Waals surface area (Å²) in [5.74, 6) is 0. The summed E-state index contributed by atoms with van der Waals surface area (Å²) in [6.45, 7) is 4.27. The van der Waals surface area contributed by atoms with Crippen LogP contribution in [0.1, 0.15) is 11.3 Å². The summed E-state index contributed by atoms with van der Waals surface area (Å²) >= 11 is 1.80. The fourth-order valence-corrected chi connectivity index (χ4v) is 1.96. The Morgan fingerprint density at radius 2 is 1.91 bits per heavy atom. The Balaban J connectivity index is 3.29. The van der Waals surface area contributed by atoms with Gasteiger partial charge in [0.15, 0.2) is 5.69 Å². The van der Waals surface area contributed by atoms with Crippen molar-refractivity contribution in [2.45, 2.75) is 18.9 Å². The average molecular weight is 168 g/mol. The molecule has 0 saturated carbocycles. The summed E-state index contributed by atoms with van der Waals surface area (Å²) < 4.78 is 2.22. The van der Waals surface area contributed by atoms with Gasteiger partial charge in [0, 0.05) is 18.6 Å². The number of aromatic nitrogens is 1. The SMILES string of the molecule is CSc1c(C)ccc(C)[n+]1C. The van der Waals surface area contributed by atoms with Gasteiger partial charge in [0.05, 0.1) is 0 Å². The largest absolute Gasteiger partial charge is 0.242 e.